The first-order chi connectivity index (χ1) is 7.24. The Bertz CT molecular complexity index is 437. The van der Waals surface area contributed by atoms with Crippen molar-refractivity contribution in [3.8, 4) is 0 Å². The highest BCUT2D eigenvalue weighted by atomic mass is 16.3. The van der Waals surface area contributed by atoms with E-state index in [0.29, 0.717) is 11.3 Å². The third kappa shape index (κ3) is 1.55. The SMILES string of the molecule is N=C1C(CO)=CC(=O)N1c1ccccc1. The lowest BCUT2D eigenvalue weighted by Crippen LogP contribution is -2.30. The zero-order valence-corrected chi connectivity index (χ0v) is 7.97. The first-order valence-corrected chi connectivity index (χ1v) is 4.53. The van der Waals surface area contributed by atoms with Gasteiger partial charge in [-0.2, -0.15) is 0 Å². The second-order valence-corrected chi connectivity index (χ2v) is 3.19. The average molecular weight is 202 g/mol. The summed E-state index contributed by atoms with van der Waals surface area (Å²) in [6.45, 7) is -0.284. The van der Waals surface area contributed by atoms with E-state index < -0.39 is 0 Å². The van der Waals surface area contributed by atoms with Crippen LogP contribution in [0.3, 0.4) is 0 Å². The van der Waals surface area contributed by atoms with Crippen LogP contribution >= 0.6 is 0 Å². The number of anilines is 1. The Labute approximate surface area is 87.0 Å². The van der Waals surface area contributed by atoms with Crippen LogP contribution in [-0.2, 0) is 4.79 Å². The molecule has 76 valence electrons. The molecule has 0 aliphatic carbocycles. The highest BCUT2D eigenvalue weighted by molar-refractivity contribution is 6.31. The van der Waals surface area contributed by atoms with Crippen molar-refractivity contribution in [1.29, 1.82) is 5.41 Å². The Morgan fingerprint density at radius 2 is 1.93 bits per heavy atom. The summed E-state index contributed by atoms with van der Waals surface area (Å²) in [5.41, 5.74) is 0.996. The number of amidine groups is 1. The largest absolute Gasteiger partial charge is 0.392 e. The number of hydrogen-bond acceptors (Lipinski definition) is 3. The summed E-state index contributed by atoms with van der Waals surface area (Å²) in [5.74, 6) is -0.232. The molecule has 15 heavy (non-hydrogen) atoms. The van der Waals surface area contributed by atoms with Gasteiger partial charge in [-0.15, -0.1) is 0 Å². The monoisotopic (exact) mass is 202 g/mol. The molecular formula is C11H10N2O2. The molecule has 1 aliphatic rings. The van der Waals surface area contributed by atoms with Crippen LogP contribution in [0, 0.1) is 5.41 Å². The molecule has 0 aromatic heterocycles. The summed E-state index contributed by atoms with van der Waals surface area (Å²) in [6.07, 6.45) is 1.29. The Hall–Kier alpha value is -1.94. The van der Waals surface area contributed by atoms with Gasteiger partial charge in [0, 0.05) is 11.6 Å². The highest BCUT2D eigenvalue weighted by Crippen LogP contribution is 2.21. The van der Waals surface area contributed by atoms with E-state index >= 15 is 0 Å². The predicted molar refractivity (Wildman–Crippen MR) is 56.8 cm³/mol. The molecule has 1 aromatic carbocycles. The van der Waals surface area contributed by atoms with Crippen molar-refractivity contribution in [2.75, 3.05) is 11.5 Å². The average Bonchev–Trinajstić information content (AvgIpc) is 2.55. The van der Waals surface area contributed by atoms with Crippen molar-refractivity contribution < 1.29 is 9.90 Å². The number of amides is 1. The minimum absolute atomic E-state index is 0.0497. The van der Waals surface area contributed by atoms with E-state index in [1.165, 1.54) is 11.0 Å². The molecule has 0 saturated carbocycles. The summed E-state index contributed by atoms with van der Waals surface area (Å²) >= 11 is 0. The van der Waals surface area contributed by atoms with E-state index in [1.807, 2.05) is 6.07 Å². The van der Waals surface area contributed by atoms with Crippen molar-refractivity contribution in [1.82, 2.24) is 0 Å². The van der Waals surface area contributed by atoms with Gasteiger partial charge in [0.15, 0.2) is 0 Å². The fraction of sp³-hybridized carbons (Fsp3) is 0.0909. The second-order valence-electron chi connectivity index (χ2n) is 3.19. The smallest absolute Gasteiger partial charge is 0.257 e. The Kier molecular flexibility index (Phi) is 2.35. The zero-order valence-electron chi connectivity index (χ0n) is 7.97. The van der Waals surface area contributed by atoms with E-state index in [1.54, 1.807) is 24.3 Å². The van der Waals surface area contributed by atoms with E-state index in [2.05, 4.69) is 0 Å². The van der Waals surface area contributed by atoms with Gasteiger partial charge in [-0.3, -0.25) is 15.1 Å². The summed E-state index contributed by atoms with van der Waals surface area (Å²) in [6, 6.07) is 8.94. The number of aliphatic hydroxyl groups is 1. The van der Waals surface area contributed by atoms with Crippen molar-refractivity contribution in [3.63, 3.8) is 0 Å². The number of nitrogens with zero attached hydrogens (tertiary/aromatic N) is 1. The summed E-state index contributed by atoms with van der Waals surface area (Å²) < 4.78 is 0. The van der Waals surface area contributed by atoms with Crippen LogP contribution in [0.15, 0.2) is 42.0 Å². The molecule has 0 fully saturated rings. The van der Waals surface area contributed by atoms with E-state index in [4.69, 9.17) is 10.5 Å². The number of nitrogens with one attached hydrogen (secondary N) is 1. The van der Waals surface area contributed by atoms with Gasteiger partial charge in [-0.1, -0.05) is 18.2 Å². The summed E-state index contributed by atoms with van der Waals surface area (Å²) in [5, 5.41) is 16.6. The van der Waals surface area contributed by atoms with E-state index in [9.17, 15) is 4.79 Å². The number of rotatable bonds is 2. The molecule has 0 saturated heterocycles. The lowest BCUT2D eigenvalue weighted by atomic mass is 10.2. The van der Waals surface area contributed by atoms with Gasteiger partial charge in [0.05, 0.1) is 12.3 Å². The molecule has 2 N–H and O–H groups in total. The maximum absolute atomic E-state index is 11.6. The fourth-order valence-corrected chi connectivity index (χ4v) is 1.49. The van der Waals surface area contributed by atoms with Gasteiger partial charge >= 0.3 is 0 Å². The quantitative estimate of drug-likeness (QED) is 0.749. The zero-order chi connectivity index (χ0) is 10.8. The van der Waals surface area contributed by atoms with Crippen LogP contribution in [0.4, 0.5) is 5.69 Å². The van der Waals surface area contributed by atoms with Crippen molar-refractivity contribution in [2.45, 2.75) is 0 Å². The number of carbonyl (C=O) groups excluding carboxylic acids is 1. The van der Waals surface area contributed by atoms with Crippen LogP contribution in [0.1, 0.15) is 0 Å². The Morgan fingerprint density at radius 3 is 2.47 bits per heavy atom. The standard InChI is InChI=1S/C11H10N2O2/c12-11-8(7-14)6-10(15)13(11)9-4-2-1-3-5-9/h1-6,12,14H,7H2. The third-order valence-electron chi connectivity index (χ3n) is 2.23. The lowest BCUT2D eigenvalue weighted by molar-refractivity contribution is -0.113. The van der Waals surface area contributed by atoms with Crippen LogP contribution < -0.4 is 4.90 Å². The maximum Gasteiger partial charge on any atom is 0.257 e. The summed E-state index contributed by atoms with van der Waals surface area (Å²) in [7, 11) is 0. The number of para-hydroxylation sites is 1. The molecule has 0 atom stereocenters. The molecule has 0 bridgehead atoms. The number of hydrogen-bond donors (Lipinski definition) is 2. The molecule has 2 rings (SSSR count). The molecule has 1 aromatic rings. The van der Waals surface area contributed by atoms with Gasteiger partial charge in [0.1, 0.15) is 5.84 Å². The minimum atomic E-state index is -0.284. The Morgan fingerprint density at radius 1 is 1.27 bits per heavy atom. The number of aliphatic hydroxyl groups excluding tert-OH is 1. The van der Waals surface area contributed by atoms with Gasteiger partial charge in [0.25, 0.3) is 5.91 Å². The number of benzene rings is 1. The Balaban J connectivity index is 2.35. The van der Waals surface area contributed by atoms with E-state index in [0.717, 1.165) is 0 Å². The van der Waals surface area contributed by atoms with Crippen molar-refractivity contribution >= 4 is 17.4 Å². The molecule has 1 amide bonds. The van der Waals surface area contributed by atoms with Crippen molar-refractivity contribution in [3.05, 3.63) is 42.0 Å². The fourth-order valence-electron chi connectivity index (χ4n) is 1.49. The van der Waals surface area contributed by atoms with Crippen LogP contribution in [0.5, 0.6) is 0 Å². The highest BCUT2D eigenvalue weighted by Gasteiger charge is 2.28. The first-order valence-electron chi connectivity index (χ1n) is 4.53. The van der Waals surface area contributed by atoms with Gasteiger partial charge in [-0.25, -0.2) is 0 Å². The third-order valence-corrected chi connectivity index (χ3v) is 2.23. The van der Waals surface area contributed by atoms with E-state index in [-0.39, 0.29) is 18.3 Å². The van der Waals surface area contributed by atoms with Gasteiger partial charge in [0.2, 0.25) is 0 Å². The van der Waals surface area contributed by atoms with Crippen LogP contribution in [-0.4, -0.2) is 23.5 Å². The molecule has 0 radical (unpaired) electrons. The first kappa shape index (κ1) is 9.61. The normalized spacial score (nSPS) is 15.8. The van der Waals surface area contributed by atoms with Gasteiger partial charge < -0.3 is 5.11 Å². The van der Waals surface area contributed by atoms with Crippen LogP contribution in [0.2, 0.25) is 0 Å². The molecule has 0 unspecified atom stereocenters. The molecular weight excluding hydrogens is 192 g/mol. The lowest BCUT2D eigenvalue weighted by Gasteiger charge is -2.16. The van der Waals surface area contributed by atoms with Crippen LogP contribution in [0.25, 0.3) is 0 Å². The molecule has 4 nitrogen and oxygen atoms in total. The molecule has 1 aliphatic heterocycles. The van der Waals surface area contributed by atoms with Gasteiger partial charge in [-0.05, 0) is 12.1 Å². The molecule has 0 spiro atoms. The topological polar surface area (TPSA) is 64.4 Å². The second kappa shape index (κ2) is 3.67. The number of carbonyl (C=O) groups is 1. The van der Waals surface area contributed by atoms with Crippen molar-refractivity contribution in [2.24, 2.45) is 0 Å². The summed E-state index contributed by atoms with van der Waals surface area (Å²) in [4.78, 5) is 12.8. The minimum Gasteiger partial charge on any atom is -0.392 e. The molecule has 1 heterocycles. The molecule has 4 heteroatoms. The maximum atomic E-state index is 11.6. The predicted octanol–water partition coefficient (Wildman–Crippen LogP) is 0.929.